The van der Waals surface area contributed by atoms with Crippen LogP contribution in [0.4, 0.5) is 0 Å². The van der Waals surface area contributed by atoms with Crippen LogP contribution in [-0.4, -0.2) is 53.9 Å². The molecule has 1 saturated carbocycles. The maximum atomic E-state index is 12.4. The fourth-order valence-corrected chi connectivity index (χ4v) is 3.37. The summed E-state index contributed by atoms with van der Waals surface area (Å²) in [7, 11) is 3.16. The van der Waals surface area contributed by atoms with Gasteiger partial charge in [-0.3, -0.25) is 4.79 Å². The van der Waals surface area contributed by atoms with Gasteiger partial charge in [0, 0.05) is 23.1 Å². The lowest BCUT2D eigenvalue weighted by molar-refractivity contribution is -0.149. The smallest absolute Gasteiger partial charge is 0.326 e. The Balaban J connectivity index is 1.91. The van der Waals surface area contributed by atoms with Crippen molar-refractivity contribution in [3.8, 4) is 11.5 Å². The Morgan fingerprint density at radius 2 is 1.96 bits per heavy atom. The minimum atomic E-state index is -0.956. The quantitative estimate of drug-likeness (QED) is 0.688. The maximum Gasteiger partial charge on any atom is 0.326 e. The normalized spacial score (nSPS) is 14.8. The van der Waals surface area contributed by atoms with Crippen LogP contribution in [0.1, 0.15) is 26.2 Å². The SMILES string of the molecule is COc1ccc(SCCC(=O)N(C2CC2)C(C)C(=O)O)cc1OC. The minimum Gasteiger partial charge on any atom is -0.493 e. The molecule has 2 rings (SSSR count). The van der Waals surface area contributed by atoms with E-state index in [-0.39, 0.29) is 11.9 Å². The Bertz CT molecular complexity index is 603. The summed E-state index contributed by atoms with van der Waals surface area (Å²) in [5, 5.41) is 9.16. The van der Waals surface area contributed by atoms with Crippen LogP contribution in [0.5, 0.6) is 11.5 Å². The molecule has 1 aliphatic carbocycles. The molecule has 0 heterocycles. The molecule has 0 saturated heterocycles. The van der Waals surface area contributed by atoms with Gasteiger partial charge in [0.1, 0.15) is 6.04 Å². The molecule has 0 spiro atoms. The number of carbonyl (C=O) groups is 2. The van der Waals surface area contributed by atoms with Gasteiger partial charge in [-0.05, 0) is 38.0 Å². The molecule has 0 aliphatic heterocycles. The predicted molar refractivity (Wildman–Crippen MR) is 91.9 cm³/mol. The lowest BCUT2D eigenvalue weighted by Crippen LogP contribution is -2.44. The number of rotatable bonds is 9. The van der Waals surface area contributed by atoms with Crippen LogP contribution in [0.3, 0.4) is 0 Å². The van der Waals surface area contributed by atoms with E-state index in [0.717, 1.165) is 17.7 Å². The molecule has 0 bridgehead atoms. The van der Waals surface area contributed by atoms with Crippen molar-refractivity contribution in [2.75, 3.05) is 20.0 Å². The summed E-state index contributed by atoms with van der Waals surface area (Å²) in [6, 6.07) is 4.93. The van der Waals surface area contributed by atoms with Crippen molar-refractivity contribution < 1.29 is 24.2 Å². The van der Waals surface area contributed by atoms with E-state index in [1.807, 2.05) is 18.2 Å². The van der Waals surface area contributed by atoms with Crippen LogP contribution in [-0.2, 0) is 9.59 Å². The first-order valence-corrected chi connectivity index (χ1v) is 8.85. The second kappa shape index (κ2) is 8.28. The summed E-state index contributed by atoms with van der Waals surface area (Å²) < 4.78 is 10.5. The largest absolute Gasteiger partial charge is 0.493 e. The summed E-state index contributed by atoms with van der Waals surface area (Å²) in [5.41, 5.74) is 0. The summed E-state index contributed by atoms with van der Waals surface area (Å²) in [5.74, 6) is 0.841. The van der Waals surface area contributed by atoms with Crippen molar-refractivity contribution in [2.45, 2.75) is 43.2 Å². The molecule has 132 valence electrons. The number of methoxy groups -OCH3 is 2. The van der Waals surface area contributed by atoms with E-state index in [1.165, 1.54) is 16.7 Å². The van der Waals surface area contributed by atoms with E-state index < -0.39 is 12.0 Å². The van der Waals surface area contributed by atoms with Crippen LogP contribution < -0.4 is 9.47 Å². The van der Waals surface area contributed by atoms with E-state index >= 15 is 0 Å². The standard InChI is InChI=1S/C17H23NO5S/c1-11(17(20)21)18(12-4-5-12)16(19)8-9-24-13-6-7-14(22-2)15(10-13)23-3/h6-7,10-12H,4-5,8-9H2,1-3H3,(H,20,21). The van der Waals surface area contributed by atoms with Crippen molar-refractivity contribution in [2.24, 2.45) is 0 Å². The fourth-order valence-electron chi connectivity index (χ4n) is 2.50. The molecule has 7 heteroatoms. The molecule has 1 aliphatic rings. The molecule has 1 aromatic rings. The monoisotopic (exact) mass is 353 g/mol. The Labute approximate surface area is 146 Å². The van der Waals surface area contributed by atoms with Crippen LogP contribution in [0.15, 0.2) is 23.1 Å². The zero-order valence-corrected chi connectivity index (χ0v) is 15.0. The van der Waals surface area contributed by atoms with E-state index in [1.54, 1.807) is 21.1 Å². The summed E-state index contributed by atoms with van der Waals surface area (Å²) in [6.45, 7) is 1.57. The van der Waals surface area contributed by atoms with Crippen molar-refractivity contribution in [3.63, 3.8) is 0 Å². The molecule has 0 radical (unpaired) electrons. The third-order valence-corrected chi connectivity index (χ3v) is 4.94. The van der Waals surface area contributed by atoms with Gasteiger partial charge in [0.25, 0.3) is 0 Å². The summed E-state index contributed by atoms with van der Waals surface area (Å²) >= 11 is 1.54. The number of carboxylic acid groups (broad SMARTS) is 1. The maximum absolute atomic E-state index is 12.4. The number of hydrogen-bond donors (Lipinski definition) is 1. The topological polar surface area (TPSA) is 76.1 Å². The van der Waals surface area contributed by atoms with Gasteiger partial charge in [-0.2, -0.15) is 0 Å². The van der Waals surface area contributed by atoms with E-state index in [2.05, 4.69) is 0 Å². The van der Waals surface area contributed by atoms with Crippen LogP contribution in [0.2, 0.25) is 0 Å². The second-order valence-electron chi connectivity index (χ2n) is 5.66. The molecule has 1 atom stereocenters. The highest BCUT2D eigenvalue weighted by Crippen LogP contribution is 2.33. The van der Waals surface area contributed by atoms with E-state index in [0.29, 0.717) is 23.7 Å². The highest BCUT2D eigenvalue weighted by atomic mass is 32.2. The number of ether oxygens (including phenoxy) is 2. The van der Waals surface area contributed by atoms with E-state index in [9.17, 15) is 9.59 Å². The number of carbonyl (C=O) groups excluding carboxylic acids is 1. The molecular weight excluding hydrogens is 330 g/mol. The third kappa shape index (κ3) is 4.56. The zero-order valence-electron chi connectivity index (χ0n) is 14.2. The van der Waals surface area contributed by atoms with Gasteiger partial charge in [-0.1, -0.05) is 0 Å². The molecule has 1 aromatic carbocycles. The Hall–Kier alpha value is -1.89. The first kappa shape index (κ1) is 18.4. The van der Waals surface area contributed by atoms with Crippen molar-refractivity contribution in [3.05, 3.63) is 18.2 Å². The lowest BCUT2D eigenvalue weighted by atomic mass is 10.2. The van der Waals surface area contributed by atoms with Crippen LogP contribution in [0.25, 0.3) is 0 Å². The first-order chi connectivity index (χ1) is 11.5. The highest BCUT2D eigenvalue weighted by Gasteiger charge is 2.37. The number of thioether (sulfide) groups is 1. The first-order valence-electron chi connectivity index (χ1n) is 7.86. The van der Waals surface area contributed by atoms with Gasteiger partial charge >= 0.3 is 5.97 Å². The number of benzene rings is 1. The van der Waals surface area contributed by atoms with Gasteiger partial charge in [0.05, 0.1) is 14.2 Å². The van der Waals surface area contributed by atoms with Gasteiger partial charge in [-0.25, -0.2) is 4.79 Å². The Morgan fingerprint density at radius 3 is 2.50 bits per heavy atom. The van der Waals surface area contributed by atoms with Gasteiger partial charge in [0.15, 0.2) is 11.5 Å². The van der Waals surface area contributed by atoms with Crippen molar-refractivity contribution >= 4 is 23.6 Å². The van der Waals surface area contributed by atoms with Crippen LogP contribution in [0, 0.1) is 0 Å². The highest BCUT2D eigenvalue weighted by molar-refractivity contribution is 7.99. The lowest BCUT2D eigenvalue weighted by Gasteiger charge is -2.26. The number of hydrogen-bond acceptors (Lipinski definition) is 5. The number of aliphatic carboxylic acids is 1. The zero-order chi connectivity index (χ0) is 17.7. The van der Waals surface area contributed by atoms with Crippen molar-refractivity contribution in [1.82, 2.24) is 4.90 Å². The number of nitrogens with zero attached hydrogens (tertiary/aromatic N) is 1. The Kier molecular flexibility index (Phi) is 6.36. The molecule has 1 fully saturated rings. The minimum absolute atomic E-state index is 0.0923. The van der Waals surface area contributed by atoms with Gasteiger partial charge in [-0.15, -0.1) is 11.8 Å². The van der Waals surface area contributed by atoms with Gasteiger partial charge in [0.2, 0.25) is 5.91 Å². The fraction of sp³-hybridized carbons (Fsp3) is 0.529. The molecule has 24 heavy (non-hydrogen) atoms. The molecule has 1 amide bonds. The molecule has 1 N–H and O–H groups in total. The Morgan fingerprint density at radius 1 is 1.29 bits per heavy atom. The van der Waals surface area contributed by atoms with Gasteiger partial charge < -0.3 is 19.5 Å². The summed E-state index contributed by atoms with van der Waals surface area (Å²) in [6.07, 6.45) is 2.10. The summed E-state index contributed by atoms with van der Waals surface area (Å²) in [4.78, 5) is 26.1. The molecule has 0 aromatic heterocycles. The third-order valence-electron chi connectivity index (χ3n) is 3.94. The average Bonchev–Trinajstić information content (AvgIpc) is 3.39. The molecule has 6 nitrogen and oxygen atoms in total. The van der Waals surface area contributed by atoms with E-state index in [4.69, 9.17) is 14.6 Å². The number of carboxylic acids is 1. The predicted octanol–water partition coefficient (Wildman–Crippen LogP) is 2.65. The number of amides is 1. The van der Waals surface area contributed by atoms with Crippen molar-refractivity contribution in [1.29, 1.82) is 0 Å². The molecule has 1 unspecified atom stereocenters. The molecular formula is C17H23NO5S. The average molecular weight is 353 g/mol. The second-order valence-corrected chi connectivity index (χ2v) is 6.83. The van der Waals surface area contributed by atoms with Crippen LogP contribution >= 0.6 is 11.8 Å².